The minimum Gasteiger partial charge on any atom is -0.353 e. The third-order valence-corrected chi connectivity index (χ3v) is 3.66. The van der Waals surface area contributed by atoms with E-state index in [0.717, 1.165) is 32.5 Å². The Morgan fingerprint density at radius 1 is 1.62 bits per heavy atom. The van der Waals surface area contributed by atoms with Gasteiger partial charge >= 0.3 is 0 Å². The van der Waals surface area contributed by atoms with E-state index in [9.17, 15) is 4.79 Å². The second-order valence-corrected chi connectivity index (χ2v) is 5.05. The van der Waals surface area contributed by atoms with E-state index in [4.69, 9.17) is 5.26 Å². The van der Waals surface area contributed by atoms with E-state index in [1.807, 2.05) is 6.92 Å². The Morgan fingerprint density at radius 3 is 3.19 bits per heavy atom. The molecule has 0 saturated carbocycles. The van der Waals surface area contributed by atoms with Gasteiger partial charge in [0.1, 0.15) is 0 Å². The number of rotatable bonds is 2. The van der Waals surface area contributed by atoms with Gasteiger partial charge in [-0.1, -0.05) is 0 Å². The van der Waals surface area contributed by atoms with Crippen molar-refractivity contribution in [1.29, 1.82) is 5.26 Å². The van der Waals surface area contributed by atoms with Crippen molar-refractivity contribution >= 4 is 5.91 Å². The maximum Gasteiger partial charge on any atom is 0.220 e. The van der Waals surface area contributed by atoms with Crippen LogP contribution in [-0.4, -0.2) is 36.5 Å². The lowest BCUT2D eigenvalue weighted by Gasteiger charge is -2.41. The highest BCUT2D eigenvalue weighted by molar-refractivity contribution is 5.77. The summed E-state index contributed by atoms with van der Waals surface area (Å²) in [7, 11) is 0. The molecule has 0 aliphatic carbocycles. The molecule has 3 unspecified atom stereocenters. The first-order chi connectivity index (χ1) is 7.69. The fourth-order valence-corrected chi connectivity index (χ4v) is 2.78. The van der Waals surface area contributed by atoms with Crippen LogP contribution < -0.4 is 5.32 Å². The predicted molar refractivity (Wildman–Crippen MR) is 60.5 cm³/mol. The number of nitrogens with zero attached hydrogens (tertiary/aromatic N) is 2. The molecule has 2 saturated heterocycles. The second kappa shape index (κ2) is 4.84. The summed E-state index contributed by atoms with van der Waals surface area (Å²) >= 11 is 0. The monoisotopic (exact) mass is 221 g/mol. The number of fused-ring (bicyclic) bond motifs is 1. The molecular formula is C12H19N3O. The van der Waals surface area contributed by atoms with Crippen LogP contribution in [0.2, 0.25) is 0 Å². The van der Waals surface area contributed by atoms with E-state index >= 15 is 0 Å². The van der Waals surface area contributed by atoms with Crippen LogP contribution in [0.25, 0.3) is 0 Å². The largest absolute Gasteiger partial charge is 0.353 e. The maximum atomic E-state index is 11.3. The first-order valence-corrected chi connectivity index (χ1v) is 6.10. The number of likely N-dealkylation sites (tertiary alicyclic amines) is 1. The van der Waals surface area contributed by atoms with Crippen molar-refractivity contribution in [3.8, 4) is 6.07 Å². The van der Waals surface area contributed by atoms with E-state index in [0.29, 0.717) is 18.4 Å². The summed E-state index contributed by atoms with van der Waals surface area (Å²) in [5.41, 5.74) is 0. The van der Waals surface area contributed by atoms with Crippen LogP contribution in [0.1, 0.15) is 26.2 Å². The van der Waals surface area contributed by atoms with Crippen molar-refractivity contribution in [3.63, 3.8) is 0 Å². The average molecular weight is 221 g/mol. The first kappa shape index (κ1) is 11.4. The molecule has 2 heterocycles. The highest BCUT2D eigenvalue weighted by Gasteiger charge is 2.33. The lowest BCUT2D eigenvalue weighted by molar-refractivity contribution is -0.125. The Bertz CT molecular complexity index is 310. The molecule has 2 fully saturated rings. The van der Waals surface area contributed by atoms with Crippen molar-refractivity contribution < 1.29 is 4.79 Å². The van der Waals surface area contributed by atoms with Crippen molar-refractivity contribution in [3.05, 3.63) is 0 Å². The molecule has 0 aromatic carbocycles. The van der Waals surface area contributed by atoms with Gasteiger partial charge in [-0.25, -0.2) is 0 Å². The fraction of sp³-hybridized carbons (Fsp3) is 0.833. The van der Waals surface area contributed by atoms with Crippen LogP contribution in [0.15, 0.2) is 0 Å². The summed E-state index contributed by atoms with van der Waals surface area (Å²) in [6, 6.07) is 2.66. The number of nitrogens with one attached hydrogen (secondary N) is 1. The van der Waals surface area contributed by atoms with E-state index in [1.165, 1.54) is 0 Å². The topological polar surface area (TPSA) is 56.1 Å². The quantitative estimate of drug-likeness (QED) is 0.748. The first-order valence-electron chi connectivity index (χ1n) is 6.10. The molecule has 16 heavy (non-hydrogen) atoms. The molecule has 4 nitrogen and oxygen atoms in total. The van der Waals surface area contributed by atoms with Crippen LogP contribution in [0, 0.1) is 23.2 Å². The molecule has 0 bridgehead atoms. The summed E-state index contributed by atoms with van der Waals surface area (Å²) in [6.07, 6.45) is 2.71. The molecule has 2 aliphatic heterocycles. The van der Waals surface area contributed by atoms with Gasteiger partial charge in [-0.3, -0.25) is 4.79 Å². The second-order valence-electron chi connectivity index (χ2n) is 5.05. The van der Waals surface area contributed by atoms with E-state index < -0.39 is 0 Å². The minimum atomic E-state index is 0.106. The highest BCUT2D eigenvalue weighted by atomic mass is 16.1. The number of hydrogen-bond acceptors (Lipinski definition) is 3. The van der Waals surface area contributed by atoms with Crippen molar-refractivity contribution in [2.75, 3.05) is 19.6 Å². The molecule has 2 aliphatic rings. The zero-order chi connectivity index (χ0) is 11.5. The third-order valence-electron chi connectivity index (χ3n) is 3.66. The molecule has 2 rings (SSSR count). The molecule has 0 aromatic heterocycles. The average Bonchev–Trinajstić information content (AvgIpc) is 2.29. The molecule has 1 amide bonds. The van der Waals surface area contributed by atoms with Gasteiger partial charge in [0.15, 0.2) is 0 Å². The number of piperidine rings is 2. The van der Waals surface area contributed by atoms with Gasteiger partial charge in [0.05, 0.1) is 12.0 Å². The Kier molecular flexibility index (Phi) is 3.45. The molecule has 0 radical (unpaired) electrons. The molecule has 1 N–H and O–H groups in total. The van der Waals surface area contributed by atoms with Crippen LogP contribution in [-0.2, 0) is 4.79 Å². The summed E-state index contributed by atoms with van der Waals surface area (Å²) in [5.74, 6) is 0.909. The Hall–Kier alpha value is -1.08. The SMILES string of the molecule is CC(C#N)CN1CCC2NC(=O)CCC2C1. The maximum absolute atomic E-state index is 11.3. The van der Waals surface area contributed by atoms with Crippen molar-refractivity contribution in [1.82, 2.24) is 10.2 Å². The van der Waals surface area contributed by atoms with Gasteiger partial charge in [-0.05, 0) is 25.7 Å². The number of carbonyl (C=O) groups is 1. The number of nitriles is 1. The normalized spacial score (nSPS) is 32.4. The number of amides is 1. The summed E-state index contributed by atoms with van der Waals surface area (Å²) in [4.78, 5) is 13.6. The standard InChI is InChI=1S/C12H19N3O/c1-9(6-13)7-15-5-4-11-10(8-15)2-3-12(16)14-11/h9-11H,2-5,7-8H2,1H3,(H,14,16). The lowest BCUT2D eigenvalue weighted by Crippen LogP contribution is -2.54. The zero-order valence-corrected chi connectivity index (χ0v) is 9.78. The Morgan fingerprint density at radius 2 is 2.44 bits per heavy atom. The predicted octanol–water partition coefficient (Wildman–Crippen LogP) is 0.747. The van der Waals surface area contributed by atoms with Crippen LogP contribution in [0.3, 0.4) is 0 Å². The molecule has 88 valence electrons. The minimum absolute atomic E-state index is 0.106. The van der Waals surface area contributed by atoms with E-state index in [2.05, 4.69) is 16.3 Å². The molecule has 0 aromatic rings. The summed E-state index contributed by atoms with van der Waals surface area (Å²) in [6.45, 7) is 4.88. The molecule has 4 heteroatoms. The van der Waals surface area contributed by atoms with Gasteiger partial charge in [-0.15, -0.1) is 0 Å². The van der Waals surface area contributed by atoms with E-state index in [-0.39, 0.29) is 11.8 Å². The highest BCUT2D eigenvalue weighted by Crippen LogP contribution is 2.25. The van der Waals surface area contributed by atoms with Crippen LogP contribution in [0.5, 0.6) is 0 Å². The zero-order valence-electron chi connectivity index (χ0n) is 9.78. The third kappa shape index (κ3) is 2.53. The van der Waals surface area contributed by atoms with Crippen molar-refractivity contribution in [2.45, 2.75) is 32.2 Å². The van der Waals surface area contributed by atoms with Gasteiger partial charge < -0.3 is 10.2 Å². The van der Waals surface area contributed by atoms with E-state index in [1.54, 1.807) is 0 Å². The van der Waals surface area contributed by atoms with Crippen LogP contribution >= 0.6 is 0 Å². The van der Waals surface area contributed by atoms with Crippen molar-refractivity contribution in [2.24, 2.45) is 11.8 Å². The number of hydrogen-bond donors (Lipinski definition) is 1. The van der Waals surface area contributed by atoms with Gasteiger partial charge in [0.25, 0.3) is 0 Å². The lowest BCUT2D eigenvalue weighted by atomic mass is 9.85. The molecule has 0 spiro atoms. The van der Waals surface area contributed by atoms with Gasteiger partial charge in [0, 0.05) is 32.1 Å². The molecular weight excluding hydrogens is 202 g/mol. The number of carbonyl (C=O) groups excluding carboxylic acids is 1. The van der Waals surface area contributed by atoms with Gasteiger partial charge in [-0.2, -0.15) is 5.26 Å². The smallest absolute Gasteiger partial charge is 0.220 e. The molecule has 3 atom stereocenters. The summed E-state index contributed by atoms with van der Waals surface area (Å²) < 4.78 is 0. The fourth-order valence-electron chi connectivity index (χ4n) is 2.78. The Balaban J connectivity index is 1.86. The van der Waals surface area contributed by atoms with Gasteiger partial charge in [0.2, 0.25) is 5.91 Å². The Labute approximate surface area is 96.6 Å². The van der Waals surface area contributed by atoms with Crippen LogP contribution in [0.4, 0.5) is 0 Å². The summed E-state index contributed by atoms with van der Waals surface area (Å²) in [5, 5.41) is 11.9.